The van der Waals surface area contributed by atoms with E-state index in [1.807, 2.05) is 41.1 Å². The maximum atomic E-state index is 12.1. The van der Waals surface area contributed by atoms with E-state index in [1.165, 1.54) is 0 Å². The molecule has 0 fully saturated rings. The van der Waals surface area contributed by atoms with E-state index in [4.69, 9.17) is 4.74 Å². The van der Waals surface area contributed by atoms with Crippen molar-refractivity contribution in [3.05, 3.63) is 54.7 Å². The molecule has 1 N–H and O–H groups in total. The van der Waals surface area contributed by atoms with Gasteiger partial charge in [0.25, 0.3) is 0 Å². The van der Waals surface area contributed by atoms with Crippen LogP contribution in [0.4, 0.5) is 5.82 Å². The molecule has 1 aromatic heterocycles. The second-order valence-corrected chi connectivity index (χ2v) is 5.92. The van der Waals surface area contributed by atoms with Gasteiger partial charge in [-0.1, -0.05) is 43.3 Å². The Kier molecular flexibility index (Phi) is 5.67. The van der Waals surface area contributed by atoms with Crippen molar-refractivity contribution in [2.24, 2.45) is 0 Å². The zero-order valence-corrected chi connectivity index (χ0v) is 14.4. The van der Waals surface area contributed by atoms with Crippen LogP contribution in [-0.4, -0.2) is 22.3 Å². The topological polar surface area (TPSA) is 56.2 Å². The number of anilines is 1. The fourth-order valence-electron chi connectivity index (χ4n) is 2.77. The molecule has 1 heterocycles. The SMILES string of the molecule is CCCn1nccc1NC(=O)CCCOc1cccc2ccccc12. The maximum absolute atomic E-state index is 12.1. The molecule has 2 aromatic carbocycles. The van der Waals surface area contributed by atoms with Gasteiger partial charge in [0.05, 0.1) is 12.8 Å². The Bertz CT molecular complexity index is 836. The fourth-order valence-corrected chi connectivity index (χ4v) is 2.77. The highest BCUT2D eigenvalue weighted by molar-refractivity contribution is 5.90. The first-order chi connectivity index (χ1) is 12.3. The Labute approximate surface area is 147 Å². The van der Waals surface area contributed by atoms with E-state index in [2.05, 4.69) is 29.5 Å². The molecule has 5 heteroatoms. The summed E-state index contributed by atoms with van der Waals surface area (Å²) in [6, 6.07) is 16.0. The molecule has 130 valence electrons. The Hall–Kier alpha value is -2.82. The smallest absolute Gasteiger partial charge is 0.225 e. The molecule has 0 unspecified atom stereocenters. The minimum absolute atomic E-state index is 0.0145. The molecule has 0 aliphatic carbocycles. The van der Waals surface area contributed by atoms with Crippen molar-refractivity contribution in [3.63, 3.8) is 0 Å². The normalized spacial score (nSPS) is 10.8. The molecule has 1 amide bonds. The van der Waals surface area contributed by atoms with Crippen LogP contribution < -0.4 is 10.1 Å². The summed E-state index contributed by atoms with van der Waals surface area (Å²) in [6.07, 6.45) is 3.76. The van der Waals surface area contributed by atoms with Gasteiger partial charge in [-0.2, -0.15) is 5.10 Å². The standard InChI is InChI=1S/C20H23N3O2/c1-2-14-23-19(12-13-21-23)22-20(24)11-6-15-25-18-10-5-8-16-7-3-4-9-17(16)18/h3-5,7-10,12-13H,2,6,11,14-15H2,1H3,(H,22,24). The van der Waals surface area contributed by atoms with Crippen molar-refractivity contribution in [2.75, 3.05) is 11.9 Å². The number of nitrogens with zero attached hydrogens (tertiary/aromatic N) is 2. The Balaban J connectivity index is 1.48. The van der Waals surface area contributed by atoms with Crippen LogP contribution in [0.1, 0.15) is 26.2 Å². The molecule has 25 heavy (non-hydrogen) atoms. The molecule has 3 aromatic rings. The largest absolute Gasteiger partial charge is 0.493 e. The van der Waals surface area contributed by atoms with Gasteiger partial charge in [-0.05, 0) is 24.3 Å². The number of fused-ring (bicyclic) bond motifs is 1. The molecule has 0 atom stereocenters. The van der Waals surface area contributed by atoms with Gasteiger partial charge >= 0.3 is 0 Å². The number of nitrogens with one attached hydrogen (secondary N) is 1. The highest BCUT2D eigenvalue weighted by Crippen LogP contribution is 2.25. The molecule has 0 aliphatic rings. The molecule has 0 saturated carbocycles. The molecule has 0 bridgehead atoms. The van der Waals surface area contributed by atoms with E-state index in [0.717, 1.165) is 35.3 Å². The first kappa shape index (κ1) is 17.0. The summed E-state index contributed by atoms with van der Waals surface area (Å²) in [6.45, 7) is 3.39. The van der Waals surface area contributed by atoms with Crippen molar-refractivity contribution in [1.82, 2.24) is 9.78 Å². The van der Waals surface area contributed by atoms with Gasteiger partial charge < -0.3 is 10.1 Å². The number of benzene rings is 2. The number of ether oxygens (including phenoxy) is 1. The van der Waals surface area contributed by atoms with Crippen molar-refractivity contribution in [1.29, 1.82) is 0 Å². The van der Waals surface area contributed by atoms with Crippen LogP contribution >= 0.6 is 0 Å². The van der Waals surface area contributed by atoms with Crippen LogP contribution in [0.5, 0.6) is 5.75 Å². The highest BCUT2D eigenvalue weighted by Gasteiger charge is 2.07. The Morgan fingerprint density at radius 3 is 2.88 bits per heavy atom. The molecule has 0 radical (unpaired) electrons. The Morgan fingerprint density at radius 2 is 2.00 bits per heavy atom. The third kappa shape index (κ3) is 4.38. The quantitative estimate of drug-likeness (QED) is 0.625. The number of rotatable bonds is 8. The first-order valence-corrected chi connectivity index (χ1v) is 8.70. The van der Waals surface area contributed by atoms with Crippen molar-refractivity contribution in [2.45, 2.75) is 32.7 Å². The van der Waals surface area contributed by atoms with Crippen LogP contribution in [-0.2, 0) is 11.3 Å². The monoisotopic (exact) mass is 337 g/mol. The van der Waals surface area contributed by atoms with Crippen LogP contribution in [0, 0.1) is 0 Å². The van der Waals surface area contributed by atoms with Crippen LogP contribution in [0.2, 0.25) is 0 Å². The lowest BCUT2D eigenvalue weighted by molar-refractivity contribution is -0.116. The van der Waals surface area contributed by atoms with Crippen LogP contribution in [0.15, 0.2) is 54.7 Å². The van der Waals surface area contributed by atoms with Gasteiger partial charge in [-0.3, -0.25) is 4.79 Å². The molecular formula is C20H23N3O2. The van der Waals surface area contributed by atoms with Crippen molar-refractivity contribution in [3.8, 4) is 5.75 Å². The summed E-state index contributed by atoms with van der Waals surface area (Å²) in [5.74, 6) is 1.60. The van der Waals surface area contributed by atoms with Gasteiger partial charge in [-0.15, -0.1) is 0 Å². The van der Waals surface area contributed by atoms with Crippen LogP contribution in [0.3, 0.4) is 0 Å². The molecule has 0 aliphatic heterocycles. The predicted molar refractivity (Wildman–Crippen MR) is 99.8 cm³/mol. The zero-order chi connectivity index (χ0) is 17.5. The number of aromatic nitrogens is 2. The highest BCUT2D eigenvalue weighted by atomic mass is 16.5. The van der Waals surface area contributed by atoms with E-state index in [-0.39, 0.29) is 5.91 Å². The first-order valence-electron chi connectivity index (χ1n) is 8.70. The number of hydrogen-bond donors (Lipinski definition) is 1. The summed E-state index contributed by atoms with van der Waals surface area (Å²) < 4.78 is 7.68. The number of aryl methyl sites for hydroxylation is 1. The molecule has 0 spiro atoms. The number of carbonyl (C=O) groups is 1. The van der Waals surface area contributed by atoms with Gasteiger partial charge in [0.15, 0.2) is 0 Å². The molecule has 0 saturated heterocycles. The third-order valence-electron chi connectivity index (χ3n) is 3.97. The lowest BCUT2D eigenvalue weighted by atomic mass is 10.1. The summed E-state index contributed by atoms with van der Waals surface area (Å²) in [4.78, 5) is 12.1. The van der Waals surface area contributed by atoms with E-state index < -0.39 is 0 Å². The number of hydrogen-bond acceptors (Lipinski definition) is 3. The summed E-state index contributed by atoms with van der Waals surface area (Å²) in [7, 11) is 0. The van der Waals surface area contributed by atoms with Gasteiger partial charge in [0.1, 0.15) is 11.6 Å². The summed E-state index contributed by atoms with van der Waals surface area (Å²) in [5.41, 5.74) is 0. The lowest BCUT2D eigenvalue weighted by Gasteiger charge is -2.10. The second kappa shape index (κ2) is 8.33. The average molecular weight is 337 g/mol. The van der Waals surface area contributed by atoms with E-state index in [0.29, 0.717) is 19.4 Å². The minimum atomic E-state index is -0.0145. The fraction of sp³-hybridized carbons (Fsp3) is 0.300. The van der Waals surface area contributed by atoms with E-state index >= 15 is 0 Å². The average Bonchev–Trinajstić information content (AvgIpc) is 3.06. The van der Waals surface area contributed by atoms with E-state index in [9.17, 15) is 4.79 Å². The third-order valence-corrected chi connectivity index (χ3v) is 3.97. The predicted octanol–water partition coefficient (Wildman–Crippen LogP) is 4.24. The lowest BCUT2D eigenvalue weighted by Crippen LogP contribution is -2.16. The Morgan fingerprint density at radius 1 is 1.16 bits per heavy atom. The van der Waals surface area contributed by atoms with Crippen molar-refractivity contribution >= 4 is 22.5 Å². The number of carbonyl (C=O) groups excluding carboxylic acids is 1. The van der Waals surface area contributed by atoms with Gasteiger partial charge in [0.2, 0.25) is 5.91 Å². The van der Waals surface area contributed by atoms with Gasteiger partial charge in [0, 0.05) is 24.4 Å². The molecule has 5 nitrogen and oxygen atoms in total. The summed E-state index contributed by atoms with van der Waals surface area (Å²) >= 11 is 0. The van der Waals surface area contributed by atoms with Crippen molar-refractivity contribution < 1.29 is 9.53 Å². The summed E-state index contributed by atoms with van der Waals surface area (Å²) in [5, 5.41) is 9.36. The minimum Gasteiger partial charge on any atom is -0.493 e. The van der Waals surface area contributed by atoms with Gasteiger partial charge in [-0.25, -0.2) is 4.68 Å². The molecular weight excluding hydrogens is 314 g/mol. The van der Waals surface area contributed by atoms with Crippen LogP contribution in [0.25, 0.3) is 10.8 Å². The zero-order valence-electron chi connectivity index (χ0n) is 14.4. The number of amides is 1. The second-order valence-electron chi connectivity index (χ2n) is 5.92. The maximum Gasteiger partial charge on any atom is 0.225 e. The van der Waals surface area contributed by atoms with E-state index in [1.54, 1.807) is 6.20 Å². The molecule has 3 rings (SSSR count).